The largest absolute Gasteiger partial charge is 0.395 e. The molecule has 0 aromatic heterocycles. The van der Waals surface area contributed by atoms with E-state index >= 15 is 0 Å². The van der Waals surface area contributed by atoms with Crippen molar-refractivity contribution in [2.45, 2.75) is 42.7 Å². The lowest BCUT2D eigenvalue weighted by Crippen LogP contribution is -2.35. The van der Waals surface area contributed by atoms with Gasteiger partial charge < -0.3 is 10.4 Å². The van der Waals surface area contributed by atoms with Gasteiger partial charge in [-0.3, -0.25) is 0 Å². The number of anilines is 1. The van der Waals surface area contributed by atoms with Gasteiger partial charge in [-0.15, -0.1) is 11.8 Å². The van der Waals surface area contributed by atoms with Gasteiger partial charge >= 0.3 is 0 Å². The van der Waals surface area contributed by atoms with Crippen LogP contribution in [0.25, 0.3) is 0 Å². The monoisotopic (exact) mass is 357 g/mol. The van der Waals surface area contributed by atoms with Gasteiger partial charge in [-0.1, -0.05) is 31.2 Å². The van der Waals surface area contributed by atoms with Crippen LogP contribution < -0.4 is 5.32 Å². The summed E-state index contributed by atoms with van der Waals surface area (Å²) in [5.41, 5.74) is 5.04. The average Bonchev–Trinajstić information content (AvgIpc) is 2.67. The highest BCUT2D eigenvalue weighted by atomic mass is 32.2. The first-order valence-corrected chi connectivity index (χ1v) is 10.0. The standard InChI is InChI=1S/C21H24FNOS/c1-2-13-3-10-19-18(11-13)21-17(9-8-16(12-24)25-21)20(23-19)14-4-6-15(22)7-5-14/h3-7,10-11,16-17,20-21,23-24H,2,8-9,12H2,1H3/t16?,17-,20-,21?/m0/s1. The number of nitrogens with one attached hydrogen (secondary N) is 1. The van der Waals surface area contributed by atoms with Gasteiger partial charge in [0.25, 0.3) is 0 Å². The normalized spacial score (nSPS) is 28.0. The molecule has 0 amide bonds. The molecule has 0 spiro atoms. The number of rotatable bonds is 3. The van der Waals surface area contributed by atoms with Gasteiger partial charge in [0.15, 0.2) is 0 Å². The highest BCUT2D eigenvalue weighted by Crippen LogP contribution is 2.56. The Labute approximate surface area is 152 Å². The minimum Gasteiger partial charge on any atom is -0.395 e. The van der Waals surface area contributed by atoms with Crippen molar-refractivity contribution in [1.82, 2.24) is 0 Å². The highest BCUT2D eigenvalue weighted by Gasteiger charge is 2.41. The number of aryl methyl sites for hydroxylation is 1. The van der Waals surface area contributed by atoms with E-state index < -0.39 is 0 Å². The van der Waals surface area contributed by atoms with Crippen molar-refractivity contribution in [3.63, 3.8) is 0 Å². The average molecular weight is 357 g/mol. The van der Waals surface area contributed by atoms with Crippen molar-refractivity contribution in [2.24, 2.45) is 5.92 Å². The first kappa shape index (κ1) is 16.9. The van der Waals surface area contributed by atoms with Crippen LogP contribution in [0, 0.1) is 11.7 Å². The second kappa shape index (κ2) is 7.00. The molecule has 2 heterocycles. The Morgan fingerprint density at radius 1 is 1.16 bits per heavy atom. The van der Waals surface area contributed by atoms with Gasteiger partial charge in [-0.05, 0) is 60.1 Å². The van der Waals surface area contributed by atoms with Crippen LogP contribution in [0.1, 0.15) is 47.7 Å². The SMILES string of the molecule is CCc1ccc2c(c1)C1SC(CO)CC[C@H]1[C@H](c1ccc(F)cc1)N2. The predicted molar refractivity (Wildman–Crippen MR) is 103 cm³/mol. The quantitative estimate of drug-likeness (QED) is 0.801. The number of hydrogen-bond acceptors (Lipinski definition) is 3. The summed E-state index contributed by atoms with van der Waals surface area (Å²) in [7, 11) is 0. The van der Waals surface area contributed by atoms with E-state index in [1.165, 1.54) is 16.8 Å². The Hall–Kier alpha value is -1.52. The fourth-order valence-electron chi connectivity index (χ4n) is 4.16. The van der Waals surface area contributed by atoms with E-state index in [0.29, 0.717) is 16.4 Å². The highest BCUT2D eigenvalue weighted by molar-refractivity contribution is 8.00. The third-order valence-electron chi connectivity index (χ3n) is 5.55. The third kappa shape index (κ3) is 3.18. The fraction of sp³-hybridized carbons (Fsp3) is 0.429. The van der Waals surface area contributed by atoms with E-state index in [-0.39, 0.29) is 18.5 Å². The minimum absolute atomic E-state index is 0.192. The zero-order valence-electron chi connectivity index (χ0n) is 14.4. The maximum atomic E-state index is 13.4. The number of thioether (sulfide) groups is 1. The van der Waals surface area contributed by atoms with Crippen molar-refractivity contribution in [2.75, 3.05) is 11.9 Å². The number of benzene rings is 2. The van der Waals surface area contributed by atoms with Crippen LogP contribution in [0.5, 0.6) is 0 Å². The van der Waals surface area contributed by atoms with E-state index in [4.69, 9.17) is 0 Å². The minimum atomic E-state index is -0.192. The first-order chi connectivity index (χ1) is 12.2. The number of fused-ring (bicyclic) bond motifs is 3. The van der Waals surface area contributed by atoms with Gasteiger partial charge in [-0.25, -0.2) is 4.39 Å². The van der Waals surface area contributed by atoms with E-state index in [0.717, 1.165) is 24.8 Å². The van der Waals surface area contributed by atoms with Crippen LogP contribution in [0.15, 0.2) is 42.5 Å². The third-order valence-corrected chi connectivity index (χ3v) is 7.22. The predicted octanol–water partition coefficient (Wildman–Crippen LogP) is 5.10. The molecule has 132 valence electrons. The molecule has 2 nitrogen and oxygen atoms in total. The van der Waals surface area contributed by atoms with Crippen molar-refractivity contribution in [3.05, 3.63) is 65.0 Å². The molecule has 0 radical (unpaired) electrons. The Morgan fingerprint density at radius 3 is 2.68 bits per heavy atom. The van der Waals surface area contributed by atoms with Crippen molar-refractivity contribution in [3.8, 4) is 0 Å². The summed E-state index contributed by atoms with van der Waals surface area (Å²) in [5.74, 6) is 0.264. The zero-order valence-corrected chi connectivity index (χ0v) is 15.2. The summed E-state index contributed by atoms with van der Waals surface area (Å²) in [6.07, 6.45) is 3.14. The number of aliphatic hydroxyl groups is 1. The molecule has 4 heteroatoms. The van der Waals surface area contributed by atoms with Crippen LogP contribution in [0.4, 0.5) is 10.1 Å². The van der Waals surface area contributed by atoms with Crippen LogP contribution in [0.3, 0.4) is 0 Å². The molecular formula is C21H24FNOS. The maximum Gasteiger partial charge on any atom is 0.123 e. The topological polar surface area (TPSA) is 32.3 Å². The Morgan fingerprint density at radius 2 is 1.96 bits per heavy atom. The van der Waals surface area contributed by atoms with Crippen LogP contribution in [-0.2, 0) is 6.42 Å². The molecule has 25 heavy (non-hydrogen) atoms. The van der Waals surface area contributed by atoms with Gasteiger partial charge in [-0.2, -0.15) is 0 Å². The lowest BCUT2D eigenvalue weighted by Gasteiger charge is -2.45. The van der Waals surface area contributed by atoms with Crippen LogP contribution >= 0.6 is 11.8 Å². The molecule has 2 N–H and O–H groups in total. The second-order valence-electron chi connectivity index (χ2n) is 7.05. The lowest BCUT2D eigenvalue weighted by atomic mass is 9.79. The smallest absolute Gasteiger partial charge is 0.123 e. The molecule has 1 saturated heterocycles. The van der Waals surface area contributed by atoms with Crippen molar-refractivity contribution < 1.29 is 9.50 Å². The van der Waals surface area contributed by atoms with Crippen molar-refractivity contribution >= 4 is 17.4 Å². The molecule has 4 rings (SSSR count). The Bertz CT molecular complexity index is 748. The molecule has 0 bridgehead atoms. The molecule has 2 aromatic rings. The summed E-state index contributed by atoms with van der Waals surface area (Å²) >= 11 is 1.91. The lowest BCUT2D eigenvalue weighted by molar-refractivity contribution is 0.270. The molecule has 2 aromatic carbocycles. The van der Waals surface area contributed by atoms with E-state index in [1.54, 1.807) is 12.1 Å². The van der Waals surface area contributed by atoms with Gasteiger partial charge in [0.05, 0.1) is 12.6 Å². The summed E-state index contributed by atoms with van der Waals surface area (Å²) < 4.78 is 13.4. The van der Waals surface area contributed by atoms with E-state index in [2.05, 4.69) is 30.4 Å². The maximum absolute atomic E-state index is 13.4. The molecule has 0 aliphatic carbocycles. The van der Waals surface area contributed by atoms with Crippen molar-refractivity contribution in [1.29, 1.82) is 0 Å². The number of hydrogen-bond donors (Lipinski definition) is 2. The van der Waals surface area contributed by atoms with E-state index in [1.807, 2.05) is 23.9 Å². The molecule has 2 aliphatic heterocycles. The first-order valence-electron chi connectivity index (χ1n) is 9.10. The summed E-state index contributed by atoms with van der Waals surface area (Å²) in [5, 5.41) is 14.1. The molecule has 2 aliphatic rings. The molecule has 4 atom stereocenters. The van der Waals surface area contributed by atoms with Crippen LogP contribution in [-0.4, -0.2) is 17.0 Å². The second-order valence-corrected chi connectivity index (χ2v) is 8.50. The number of halogens is 1. The van der Waals surface area contributed by atoms with Gasteiger partial charge in [0.1, 0.15) is 5.82 Å². The molecule has 1 fully saturated rings. The molecule has 0 saturated carbocycles. The van der Waals surface area contributed by atoms with Gasteiger partial charge in [0.2, 0.25) is 0 Å². The Kier molecular flexibility index (Phi) is 4.74. The fourth-order valence-corrected chi connectivity index (χ4v) is 5.77. The Balaban J connectivity index is 1.75. The van der Waals surface area contributed by atoms with Gasteiger partial charge in [0, 0.05) is 16.2 Å². The summed E-state index contributed by atoms with van der Waals surface area (Å²) in [4.78, 5) is 0. The summed E-state index contributed by atoms with van der Waals surface area (Å²) in [6.45, 7) is 2.42. The molecule has 2 unspecified atom stereocenters. The van der Waals surface area contributed by atoms with Crippen LogP contribution in [0.2, 0.25) is 0 Å². The number of aliphatic hydroxyl groups excluding tert-OH is 1. The zero-order chi connectivity index (χ0) is 17.4. The van der Waals surface area contributed by atoms with E-state index in [9.17, 15) is 9.50 Å². The molecular weight excluding hydrogens is 333 g/mol. The summed E-state index contributed by atoms with van der Waals surface area (Å²) in [6, 6.07) is 13.8.